The normalized spacial score (nSPS) is 20.1. The Labute approximate surface area is 84.7 Å². The third kappa shape index (κ3) is 1.81. The molecule has 0 spiro atoms. The minimum Gasteiger partial charge on any atom is -0.396 e. The monoisotopic (exact) mass is 191 g/mol. The Morgan fingerprint density at radius 3 is 2.79 bits per heavy atom. The van der Waals surface area contributed by atoms with E-state index in [0.717, 1.165) is 11.5 Å². The molecule has 0 bridgehead atoms. The Morgan fingerprint density at radius 1 is 1.50 bits per heavy atom. The second kappa shape index (κ2) is 3.15. The first kappa shape index (κ1) is 9.31. The average Bonchev–Trinajstić information content (AvgIpc) is 2.05. The van der Waals surface area contributed by atoms with Crippen LogP contribution in [0.4, 0.5) is 11.5 Å². The van der Waals surface area contributed by atoms with Crippen molar-refractivity contribution in [2.24, 2.45) is 5.41 Å². The van der Waals surface area contributed by atoms with Gasteiger partial charge in [-0.1, -0.05) is 13.8 Å². The summed E-state index contributed by atoms with van der Waals surface area (Å²) in [4.78, 5) is 4.21. The van der Waals surface area contributed by atoms with Crippen LogP contribution in [-0.2, 0) is 0 Å². The van der Waals surface area contributed by atoms with Crippen molar-refractivity contribution in [3.8, 4) is 0 Å². The fraction of sp³-hybridized carbons (Fsp3) is 0.545. The Morgan fingerprint density at radius 2 is 2.21 bits per heavy atom. The van der Waals surface area contributed by atoms with Gasteiger partial charge >= 0.3 is 0 Å². The molecule has 1 aromatic heterocycles. The highest BCUT2D eigenvalue weighted by molar-refractivity contribution is 5.60. The van der Waals surface area contributed by atoms with E-state index in [-0.39, 0.29) is 0 Å². The minimum atomic E-state index is 0.487. The highest BCUT2D eigenvalue weighted by atomic mass is 15.0. The number of pyridine rings is 1. The molecule has 1 fully saturated rings. The molecule has 3 N–H and O–H groups in total. The number of hydrogen-bond donors (Lipinski definition) is 2. The molecule has 1 aromatic rings. The molecule has 0 unspecified atom stereocenters. The molecule has 0 radical (unpaired) electrons. The van der Waals surface area contributed by atoms with E-state index in [1.807, 2.05) is 12.1 Å². The van der Waals surface area contributed by atoms with E-state index in [2.05, 4.69) is 24.1 Å². The van der Waals surface area contributed by atoms with Gasteiger partial charge in [0.25, 0.3) is 0 Å². The maximum atomic E-state index is 5.79. The van der Waals surface area contributed by atoms with Gasteiger partial charge in [-0.05, 0) is 30.4 Å². The Balaban J connectivity index is 1.97. The number of nitrogen functional groups attached to an aromatic ring is 1. The molecule has 0 aromatic carbocycles. The first-order valence-electron chi connectivity index (χ1n) is 5.04. The lowest BCUT2D eigenvalue weighted by atomic mass is 9.68. The smallest absolute Gasteiger partial charge is 0.149 e. The Hall–Kier alpha value is -1.25. The largest absolute Gasteiger partial charge is 0.396 e. The van der Waals surface area contributed by atoms with Crippen molar-refractivity contribution in [1.82, 2.24) is 4.98 Å². The van der Waals surface area contributed by atoms with E-state index in [9.17, 15) is 0 Å². The van der Waals surface area contributed by atoms with Crippen molar-refractivity contribution in [2.45, 2.75) is 32.7 Å². The van der Waals surface area contributed by atoms with E-state index in [4.69, 9.17) is 5.73 Å². The summed E-state index contributed by atoms with van der Waals surface area (Å²) in [7, 11) is 0. The van der Waals surface area contributed by atoms with E-state index in [1.54, 1.807) is 6.20 Å². The van der Waals surface area contributed by atoms with Gasteiger partial charge in [0.1, 0.15) is 5.82 Å². The van der Waals surface area contributed by atoms with Crippen molar-refractivity contribution < 1.29 is 0 Å². The van der Waals surface area contributed by atoms with Crippen molar-refractivity contribution in [3.63, 3.8) is 0 Å². The summed E-state index contributed by atoms with van der Waals surface area (Å²) in [5.41, 5.74) is 7.01. The van der Waals surface area contributed by atoms with Crippen LogP contribution < -0.4 is 11.1 Å². The van der Waals surface area contributed by atoms with Crippen LogP contribution in [0.25, 0.3) is 0 Å². The van der Waals surface area contributed by atoms with Crippen LogP contribution in [-0.4, -0.2) is 11.0 Å². The summed E-state index contributed by atoms with van der Waals surface area (Å²) >= 11 is 0. The molecule has 1 aliphatic carbocycles. The number of rotatable bonds is 2. The molecule has 0 aliphatic heterocycles. The maximum Gasteiger partial charge on any atom is 0.149 e. The summed E-state index contributed by atoms with van der Waals surface area (Å²) in [6.45, 7) is 4.57. The van der Waals surface area contributed by atoms with E-state index >= 15 is 0 Å². The summed E-state index contributed by atoms with van der Waals surface area (Å²) in [5, 5.41) is 3.37. The minimum absolute atomic E-state index is 0.487. The van der Waals surface area contributed by atoms with Gasteiger partial charge < -0.3 is 11.1 Å². The van der Waals surface area contributed by atoms with Gasteiger partial charge in [-0.15, -0.1) is 0 Å². The van der Waals surface area contributed by atoms with Gasteiger partial charge in [-0.25, -0.2) is 4.98 Å². The number of hydrogen-bond acceptors (Lipinski definition) is 3. The molecular weight excluding hydrogens is 174 g/mol. The zero-order chi connectivity index (χ0) is 10.2. The van der Waals surface area contributed by atoms with Crippen molar-refractivity contribution >= 4 is 11.5 Å². The van der Waals surface area contributed by atoms with Crippen molar-refractivity contribution in [3.05, 3.63) is 18.3 Å². The molecule has 3 heteroatoms. The number of anilines is 2. The highest BCUT2D eigenvalue weighted by Crippen LogP contribution is 2.41. The second-order valence-electron chi connectivity index (χ2n) is 4.85. The van der Waals surface area contributed by atoms with Crippen LogP contribution in [0.3, 0.4) is 0 Å². The fourth-order valence-corrected chi connectivity index (χ4v) is 2.11. The quantitative estimate of drug-likeness (QED) is 0.754. The van der Waals surface area contributed by atoms with E-state index in [0.29, 0.717) is 11.5 Å². The average molecular weight is 191 g/mol. The SMILES string of the molecule is CC1(C)CC(Nc2ncccc2N)C1. The van der Waals surface area contributed by atoms with Gasteiger partial charge in [-0.2, -0.15) is 0 Å². The van der Waals surface area contributed by atoms with Gasteiger partial charge in [0.15, 0.2) is 0 Å². The molecule has 3 nitrogen and oxygen atoms in total. The molecule has 1 saturated carbocycles. The third-order valence-electron chi connectivity index (χ3n) is 2.78. The molecular formula is C11H17N3. The number of nitrogens with zero attached hydrogens (tertiary/aromatic N) is 1. The number of aromatic nitrogens is 1. The van der Waals surface area contributed by atoms with Crippen LogP contribution >= 0.6 is 0 Å². The molecule has 76 valence electrons. The standard InChI is InChI=1S/C11H17N3/c1-11(2)6-8(7-11)14-10-9(12)4-3-5-13-10/h3-5,8H,6-7,12H2,1-2H3,(H,13,14). The van der Waals surface area contributed by atoms with Gasteiger partial charge in [-0.3, -0.25) is 0 Å². The molecule has 0 amide bonds. The third-order valence-corrected chi connectivity index (χ3v) is 2.78. The maximum absolute atomic E-state index is 5.79. The predicted molar refractivity (Wildman–Crippen MR) is 59.1 cm³/mol. The Kier molecular flexibility index (Phi) is 2.10. The van der Waals surface area contributed by atoms with E-state index < -0.39 is 0 Å². The van der Waals surface area contributed by atoms with Crippen LogP contribution in [0.5, 0.6) is 0 Å². The second-order valence-corrected chi connectivity index (χ2v) is 4.85. The molecule has 0 saturated heterocycles. The summed E-state index contributed by atoms with van der Waals surface area (Å²) in [6, 6.07) is 4.27. The predicted octanol–water partition coefficient (Wildman–Crippen LogP) is 2.26. The summed E-state index contributed by atoms with van der Waals surface area (Å²) in [5.74, 6) is 0.827. The molecule has 1 aliphatic rings. The van der Waals surface area contributed by atoms with Crippen molar-refractivity contribution in [1.29, 1.82) is 0 Å². The molecule has 2 rings (SSSR count). The molecule has 14 heavy (non-hydrogen) atoms. The molecule has 1 heterocycles. The first-order valence-corrected chi connectivity index (χ1v) is 5.04. The number of nitrogens with one attached hydrogen (secondary N) is 1. The first-order chi connectivity index (χ1) is 6.57. The van der Waals surface area contributed by atoms with Gasteiger partial charge in [0.05, 0.1) is 5.69 Å². The van der Waals surface area contributed by atoms with Crippen molar-refractivity contribution in [2.75, 3.05) is 11.1 Å². The summed E-state index contributed by atoms with van der Waals surface area (Å²) in [6.07, 6.45) is 4.16. The number of nitrogens with two attached hydrogens (primary N) is 1. The Bertz CT molecular complexity index is 325. The molecule has 0 atom stereocenters. The van der Waals surface area contributed by atoms with Gasteiger partial charge in [0, 0.05) is 12.2 Å². The lowest BCUT2D eigenvalue weighted by molar-refractivity contribution is 0.167. The van der Waals surface area contributed by atoms with Crippen LogP contribution in [0.1, 0.15) is 26.7 Å². The fourth-order valence-electron chi connectivity index (χ4n) is 2.11. The zero-order valence-electron chi connectivity index (χ0n) is 8.75. The lowest BCUT2D eigenvalue weighted by Crippen LogP contribution is -2.41. The lowest BCUT2D eigenvalue weighted by Gasteiger charge is -2.43. The van der Waals surface area contributed by atoms with Gasteiger partial charge in [0.2, 0.25) is 0 Å². The van der Waals surface area contributed by atoms with Crippen LogP contribution in [0.15, 0.2) is 18.3 Å². The zero-order valence-corrected chi connectivity index (χ0v) is 8.75. The van der Waals surface area contributed by atoms with Crippen LogP contribution in [0, 0.1) is 5.41 Å². The summed E-state index contributed by atoms with van der Waals surface area (Å²) < 4.78 is 0. The topological polar surface area (TPSA) is 50.9 Å². The highest BCUT2D eigenvalue weighted by Gasteiger charge is 2.36. The van der Waals surface area contributed by atoms with E-state index in [1.165, 1.54) is 12.8 Å². The van der Waals surface area contributed by atoms with Crippen LogP contribution in [0.2, 0.25) is 0 Å².